The van der Waals surface area contributed by atoms with E-state index in [1.54, 1.807) is 6.07 Å². The van der Waals surface area contributed by atoms with Gasteiger partial charge in [0, 0.05) is 10.9 Å². The Bertz CT molecular complexity index is 296. The van der Waals surface area contributed by atoms with Gasteiger partial charge in [-0.2, -0.15) is 5.26 Å². The lowest BCUT2D eigenvalue weighted by Gasteiger charge is -1.85. The summed E-state index contributed by atoms with van der Waals surface area (Å²) in [4.78, 5) is 10.4. The van der Waals surface area contributed by atoms with Gasteiger partial charge in [-0.1, -0.05) is 0 Å². The predicted octanol–water partition coefficient (Wildman–Crippen LogP) is -0.205. The Morgan fingerprint density at radius 1 is 1.90 bits per heavy atom. The summed E-state index contributed by atoms with van der Waals surface area (Å²) in [5, 5.41) is 20.7. The molecule has 0 aliphatic heterocycles. The average molecular weight is 138 g/mol. The summed E-state index contributed by atoms with van der Waals surface area (Å²) in [6.45, 7) is 0. The molecule has 6 heteroatoms. The van der Waals surface area contributed by atoms with Gasteiger partial charge in [0.05, 0.1) is 10.1 Å². The van der Waals surface area contributed by atoms with Crippen molar-refractivity contribution in [1.82, 2.24) is 9.89 Å². The van der Waals surface area contributed by atoms with E-state index >= 15 is 0 Å². The van der Waals surface area contributed by atoms with Crippen molar-refractivity contribution in [2.45, 2.75) is 0 Å². The molecule has 0 unspecified atom stereocenters. The summed E-state index contributed by atoms with van der Waals surface area (Å²) in [5.74, 6) is 0. The van der Waals surface area contributed by atoms with Crippen LogP contribution >= 0.6 is 0 Å². The number of nitriles is 1. The topological polar surface area (TPSA) is 84.8 Å². The Labute approximate surface area is 55.4 Å². The lowest BCUT2D eigenvalue weighted by atomic mass is 10.5. The maximum Gasteiger partial charge on any atom is 0.279 e. The van der Waals surface area contributed by atoms with Crippen molar-refractivity contribution in [3.63, 3.8) is 0 Å². The average Bonchev–Trinajstić information content (AvgIpc) is 2.34. The Hall–Kier alpha value is -1.90. The van der Waals surface area contributed by atoms with E-state index < -0.39 is 5.03 Å². The van der Waals surface area contributed by atoms with Crippen LogP contribution in [0, 0.1) is 21.4 Å². The van der Waals surface area contributed by atoms with Gasteiger partial charge in [0.25, 0.3) is 5.69 Å². The minimum Gasteiger partial charge on any atom is -0.339 e. The van der Waals surface area contributed by atoms with Crippen LogP contribution in [0.2, 0.25) is 0 Å². The van der Waals surface area contributed by atoms with Gasteiger partial charge < -0.3 is 10.1 Å². The monoisotopic (exact) mass is 138 g/mol. The summed E-state index contributed by atoms with van der Waals surface area (Å²) in [5.41, 5.74) is 0.0386. The predicted molar refractivity (Wildman–Crippen MR) is 29.3 cm³/mol. The van der Waals surface area contributed by atoms with Crippen LogP contribution in [0.4, 0.5) is 0 Å². The van der Waals surface area contributed by atoms with Gasteiger partial charge in [-0.05, 0) is 0 Å². The van der Waals surface area contributed by atoms with Crippen molar-refractivity contribution < 1.29 is 5.03 Å². The van der Waals surface area contributed by atoms with Crippen LogP contribution in [0.5, 0.6) is 0 Å². The minimum absolute atomic E-state index is 0.0386. The molecule has 0 N–H and O–H groups in total. The zero-order chi connectivity index (χ0) is 7.56. The van der Waals surface area contributed by atoms with Gasteiger partial charge in [0.15, 0.2) is 6.07 Å². The first kappa shape index (κ1) is 6.22. The molecule has 0 atom stereocenters. The molecule has 0 saturated heterocycles. The standard InChI is InChI=1S/C4H2N4O2/c5-3-4-1-2-7(6-4)8(9)10/h1-2H. The number of rotatable bonds is 1. The van der Waals surface area contributed by atoms with Crippen molar-refractivity contribution in [3.05, 3.63) is 28.1 Å². The minimum atomic E-state index is -0.721. The first-order valence-electron chi connectivity index (χ1n) is 2.34. The van der Waals surface area contributed by atoms with Crippen LogP contribution in [0.25, 0.3) is 0 Å². The molecule has 1 aromatic heterocycles. The van der Waals surface area contributed by atoms with E-state index in [0.29, 0.717) is 4.79 Å². The van der Waals surface area contributed by atoms with E-state index in [2.05, 4.69) is 5.10 Å². The number of aromatic nitrogens is 2. The summed E-state index contributed by atoms with van der Waals surface area (Å²) in [7, 11) is 0. The zero-order valence-corrected chi connectivity index (χ0v) is 4.76. The second kappa shape index (κ2) is 2.14. The smallest absolute Gasteiger partial charge is 0.279 e. The summed E-state index contributed by atoms with van der Waals surface area (Å²) >= 11 is 0. The van der Waals surface area contributed by atoms with Crippen LogP contribution in [0.15, 0.2) is 12.3 Å². The molecule has 1 aromatic rings. The molecule has 10 heavy (non-hydrogen) atoms. The molecule has 0 fully saturated rings. The third kappa shape index (κ3) is 0.925. The molecule has 0 radical (unpaired) electrons. The number of nitro groups is 1. The molecule has 50 valence electrons. The van der Waals surface area contributed by atoms with Gasteiger partial charge in [-0.15, -0.1) is 0 Å². The summed E-state index contributed by atoms with van der Waals surface area (Å²) in [6, 6.07) is 2.93. The van der Waals surface area contributed by atoms with Crippen LogP contribution in [0.1, 0.15) is 5.69 Å². The third-order valence-electron chi connectivity index (χ3n) is 0.858. The van der Waals surface area contributed by atoms with Gasteiger partial charge in [0.2, 0.25) is 0 Å². The van der Waals surface area contributed by atoms with Gasteiger partial charge in [-0.25, -0.2) is 0 Å². The van der Waals surface area contributed by atoms with E-state index in [4.69, 9.17) is 5.26 Å². The van der Waals surface area contributed by atoms with Crippen molar-refractivity contribution >= 4 is 0 Å². The number of nitrogens with zero attached hydrogens (tertiary/aromatic N) is 4. The quantitative estimate of drug-likeness (QED) is 0.397. The van der Waals surface area contributed by atoms with Crippen LogP contribution in [-0.2, 0) is 0 Å². The molecule has 6 nitrogen and oxygen atoms in total. The highest BCUT2D eigenvalue weighted by molar-refractivity contribution is 5.15. The van der Waals surface area contributed by atoms with Crippen molar-refractivity contribution in [2.75, 3.05) is 0 Å². The first-order valence-corrected chi connectivity index (χ1v) is 2.34. The molecule has 0 bridgehead atoms. The van der Waals surface area contributed by atoms with E-state index in [1.807, 2.05) is 0 Å². The molecule has 0 aliphatic rings. The highest BCUT2D eigenvalue weighted by atomic mass is 16.7. The van der Waals surface area contributed by atoms with E-state index in [9.17, 15) is 10.1 Å². The van der Waals surface area contributed by atoms with Crippen LogP contribution < -0.4 is 0 Å². The largest absolute Gasteiger partial charge is 0.339 e. The highest BCUT2D eigenvalue weighted by Crippen LogP contribution is 1.90. The SMILES string of the molecule is N#Cc1ccn([N+](=O)[O-])n1. The zero-order valence-electron chi connectivity index (χ0n) is 4.76. The van der Waals surface area contributed by atoms with E-state index in [0.717, 1.165) is 6.20 Å². The summed E-state index contributed by atoms with van der Waals surface area (Å²) in [6.07, 6.45) is 1.11. The van der Waals surface area contributed by atoms with Crippen molar-refractivity contribution in [1.29, 1.82) is 5.26 Å². The van der Waals surface area contributed by atoms with Crippen molar-refractivity contribution in [3.8, 4) is 6.07 Å². The lowest BCUT2D eigenvalue weighted by Crippen LogP contribution is -2.08. The maximum absolute atomic E-state index is 9.93. The summed E-state index contributed by atoms with van der Waals surface area (Å²) < 4.78 is 0. The molecular weight excluding hydrogens is 136 g/mol. The second-order valence-corrected chi connectivity index (χ2v) is 1.47. The molecule has 0 aromatic carbocycles. The molecule has 0 saturated carbocycles. The molecule has 0 aliphatic carbocycles. The fourth-order valence-electron chi connectivity index (χ4n) is 0.465. The highest BCUT2D eigenvalue weighted by Gasteiger charge is 2.05. The normalized spacial score (nSPS) is 8.70. The van der Waals surface area contributed by atoms with Crippen LogP contribution in [-0.4, -0.2) is 14.9 Å². The Balaban J connectivity index is 3.02. The van der Waals surface area contributed by atoms with Crippen LogP contribution in [0.3, 0.4) is 0 Å². The molecule has 0 amide bonds. The molecule has 1 rings (SSSR count). The Morgan fingerprint density at radius 2 is 2.60 bits per heavy atom. The van der Waals surface area contributed by atoms with Gasteiger partial charge >= 0.3 is 0 Å². The van der Waals surface area contributed by atoms with Crippen molar-refractivity contribution in [2.24, 2.45) is 0 Å². The fourth-order valence-corrected chi connectivity index (χ4v) is 0.465. The van der Waals surface area contributed by atoms with E-state index in [-0.39, 0.29) is 5.69 Å². The molecule has 0 spiro atoms. The fraction of sp³-hybridized carbons (Fsp3) is 0. The maximum atomic E-state index is 9.93. The molecular formula is C4H2N4O2. The number of hydrogen-bond donors (Lipinski definition) is 0. The first-order chi connectivity index (χ1) is 4.74. The number of hydrogen-bond acceptors (Lipinski definition) is 4. The van der Waals surface area contributed by atoms with Gasteiger partial charge in [0.1, 0.15) is 6.20 Å². The van der Waals surface area contributed by atoms with Gasteiger partial charge in [-0.3, -0.25) is 0 Å². The molecule has 1 heterocycles. The van der Waals surface area contributed by atoms with E-state index in [1.165, 1.54) is 6.07 Å². The third-order valence-corrected chi connectivity index (χ3v) is 0.858. The Morgan fingerprint density at radius 3 is 2.90 bits per heavy atom. The second-order valence-electron chi connectivity index (χ2n) is 1.47. The Kier molecular flexibility index (Phi) is 1.33. The lowest BCUT2D eigenvalue weighted by molar-refractivity contribution is -0.552.